The zero-order valence-corrected chi connectivity index (χ0v) is 57.8. The Bertz CT molecular complexity index is 5740. The summed E-state index contributed by atoms with van der Waals surface area (Å²) in [6, 6.07) is 69.9. The van der Waals surface area contributed by atoms with E-state index in [-0.39, 0.29) is 30.9 Å². The summed E-state index contributed by atoms with van der Waals surface area (Å²) in [6.07, 6.45) is 11.0. The average Bonchev–Trinajstić information content (AvgIpc) is 1.44. The van der Waals surface area contributed by atoms with Crippen LogP contribution in [0.25, 0.3) is 113 Å². The van der Waals surface area contributed by atoms with E-state index in [9.17, 15) is 10.5 Å². The molecule has 8 bridgehead atoms. The molecule has 14 nitrogen and oxygen atoms in total. The number of nitrogens with zero attached hydrogens (tertiary/aromatic N) is 14. The Morgan fingerprint density at radius 3 is 1.13 bits per heavy atom. The maximum Gasteiger partial charge on any atom is 2.00 e. The first kappa shape index (κ1) is 61.4. The second-order valence-electron chi connectivity index (χ2n) is 22.5. The zero-order chi connectivity index (χ0) is 65.8. The van der Waals surface area contributed by atoms with E-state index in [2.05, 4.69) is 206 Å². The molecule has 0 aliphatic carbocycles. The van der Waals surface area contributed by atoms with Gasteiger partial charge in [0.05, 0.1) is 105 Å². The Kier molecular flexibility index (Phi) is 16.1. The van der Waals surface area contributed by atoms with Gasteiger partial charge in [0.1, 0.15) is 22.1 Å². The van der Waals surface area contributed by atoms with Gasteiger partial charge in [-0.1, -0.05) is 156 Å². The summed E-state index contributed by atoms with van der Waals surface area (Å²) in [7, 11) is 0. The van der Waals surface area contributed by atoms with E-state index in [1.165, 1.54) is 12.2 Å². The van der Waals surface area contributed by atoms with Crippen LogP contribution in [0.1, 0.15) is 56.2 Å². The Balaban J connectivity index is 0.00000764. The largest absolute Gasteiger partial charge is 2.00 e. The van der Waals surface area contributed by atoms with Crippen molar-refractivity contribution < 1.29 is 19.5 Å². The Morgan fingerprint density at radius 2 is 0.758 bits per heavy atom. The first-order valence-corrected chi connectivity index (χ1v) is 33.6. The normalized spacial score (nSPS) is 12.5. The van der Waals surface area contributed by atoms with Crippen LogP contribution in [-0.4, -0.2) is 27.5 Å². The van der Waals surface area contributed by atoms with Gasteiger partial charge >= 0.3 is 19.5 Å². The molecule has 0 fully saturated rings. The van der Waals surface area contributed by atoms with Crippen molar-refractivity contribution in [3.63, 3.8) is 0 Å². The summed E-state index contributed by atoms with van der Waals surface area (Å²) < 4.78 is 18.5. The first-order chi connectivity index (χ1) is 48.4. The number of rotatable bonds is 6. The van der Waals surface area contributed by atoms with Crippen LogP contribution in [0.5, 0.6) is 0 Å². The molecule has 9 heterocycles. The van der Waals surface area contributed by atoms with Crippen LogP contribution in [0.4, 0.5) is 34.1 Å². The Morgan fingerprint density at radius 1 is 0.404 bits per heavy atom. The predicted octanol–water partition coefficient (Wildman–Crippen LogP) is 19.5. The number of para-hydroxylation sites is 4. The van der Waals surface area contributed by atoms with E-state index < -0.39 is 0 Å². The topological polar surface area (TPSA) is 168 Å². The number of fused-ring (bicyclic) bond motifs is 14. The van der Waals surface area contributed by atoms with Gasteiger partial charge in [-0.25, -0.2) is 30.2 Å². The number of hydrogen-bond donors (Lipinski definition) is 0. The van der Waals surface area contributed by atoms with Crippen LogP contribution in [0.2, 0.25) is 0 Å². The van der Waals surface area contributed by atoms with Crippen LogP contribution in [0.3, 0.4) is 0 Å². The number of allylic oxidation sites excluding steroid dienone is 2. The molecule has 0 N–H and O–H groups in total. The van der Waals surface area contributed by atoms with Crippen molar-refractivity contribution in [3.05, 3.63) is 285 Å². The molecule has 4 aliphatic rings. The van der Waals surface area contributed by atoms with Crippen molar-refractivity contribution in [1.82, 2.24) is 37.4 Å². The number of anilines is 6. The first-order valence-electron chi connectivity index (χ1n) is 30.5. The van der Waals surface area contributed by atoms with E-state index in [4.69, 9.17) is 33.1 Å². The molecule has 17 rings (SSSR count). The van der Waals surface area contributed by atoms with Crippen LogP contribution in [0, 0.1) is 59.5 Å². The molecular formula is C80H38N14S4Zn. The molecule has 0 saturated carbocycles. The minimum atomic E-state index is -0.0713. The van der Waals surface area contributed by atoms with Gasteiger partial charge in [0.2, 0.25) is 0 Å². The molecule has 8 aromatic carbocycles. The zero-order valence-electron chi connectivity index (χ0n) is 51.5. The molecule has 0 unspecified atom stereocenters. The van der Waals surface area contributed by atoms with Crippen molar-refractivity contribution in [2.75, 3.05) is 9.80 Å². The molecular weight excluding hydrogens is 1350 g/mol. The van der Waals surface area contributed by atoms with Crippen LogP contribution < -0.4 is 19.8 Å². The van der Waals surface area contributed by atoms with E-state index >= 15 is 0 Å². The van der Waals surface area contributed by atoms with Gasteiger partial charge in [-0.3, -0.25) is 0 Å². The minimum Gasteiger partial charge on any atom is -0.656 e. The molecule has 454 valence electrons. The van der Waals surface area contributed by atoms with E-state index in [1.807, 2.05) is 72.8 Å². The maximum atomic E-state index is 9.67. The second kappa shape index (κ2) is 25.9. The number of benzene rings is 8. The summed E-state index contributed by atoms with van der Waals surface area (Å²) in [4.78, 5) is 38.0. The van der Waals surface area contributed by atoms with Gasteiger partial charge in [0, 0.05) is 42.1 Å². The molecule has 0 saturated heterocycles. The van der Waals surface area contributed by atoms with Gasteiger partial charge in [-0.15, -0.1) is 22.1 Å². The van der Waals surface area contributed by atoms with Crippen LogP contribution in [0.15, 0.2) is 225 Å². The second-order valence-corrected chi connectivity index (χ2v) is 25.8. The van der Waals surface area contributed by atoms with Crippen LogP contribution >= 0.6 is 47.0 Å². The van der Waals surface area contributed by atoms with Crippen molar-refractivity contribution in [2.24, 2.45) is 0 Å². The van der Waals surface area contributed by atoms with Gasteiger partial charge < -0.3 is 19.8 Å². The summed E-state index contributed by atoms with van der Waals surface area (Å²) >= 11 is 5.57. The Labute approximate surface area is 596 Å². The third-order valence-corrected chi connectivity index (χ3v) is 20.2. The molecule has 0 spiro atoms. The molecule has 99 heavy (non-hydrogen) atoms. The number of nitriles is 2. The van der Waals surface area contributed by atoms with Crippen LogP contribution in [-0.2, 0) is 19.5 Å². The monoisotopic (exact) mass is 1390 g/mol. The molecule has 0 amide bonds. The minimum absolute atomic E-state index is 0. The number of hydrogen-bond acceptors (Lipinski definition) is 14. The fourth-order valence-corrected chi connectivity index (χ4v) is 15.7. The Hall–Kier alpha value is -12.5. The van der Waals surface area contributed by atoms with Crippen molar-refractivity contribution in [3.8, 4) is 58.1 Å². The quantitative estimate of drug-likeness (QED) is 0.0667. The molecule has 19 heteroatoms. The maximum absolute atomic E-state index is 9.67. The van der Waals surface area contributed by atoms with Crippen molar-refractivity contribution >= 4 is 162 Å². The summed E-state index contributed by atoms with van der Waals surface area (Å²) in [5.74, 6) is 13.9. The fraction of sp³-hybridized carbons (Fsp3) is 0. The molecule has 5 aromatic heterocycles. The third kappa shape index (κ3) is 11.1. The van der Waals surface area contributed by atoms with Gasteiger partial charge in [0.25, 0.3) is 11.4 Å². The van der Waals surface area contributed by atoms with Gasteiger partial charge in [0.15, 0.2) is 0 Å². The summed E-state index contributed by atoms with van der Waals surface area (Å²) in [5, 5.41) is 19.3. The molecule has 4 aliphatic heterocycles. The van der Waals surface area contributed by atoms with E-state index in [0.717, 1.165) is 99.4 Å². The predicted molar refractivity (Wildman–Crippen MR) is 392 cm³/mol. The smallest absolute Gasteiger partial charge is 0.656 e. The number of aromatic nitrogens is 8. The van der Waals surface area contributed by atoms with Gasteiger partial charge in [-0.05, 0) is 155 Å². The fourth-order valence-electron chi connectivity index (χ4n) is 12.4. The third-order valence-electron chi connectivity index (χ3n) is 16.9. The molecule has 13 aromatic rings. The summed E-state index contributed by atoms with van der Waals surface area (Å²) in [6.45, 7) is 15.1. The SMILES string of the molecule is [C-]#[N+]/C(C#N)=C\c1ccc(C#Cc2c3nc(c(-c4ccc(N5c6ccccc6Sc6ccccc65)cc4)c4ccc([n-]4)c(C#Cc4ccc(/C=C(\C#N)[N+]#[C-])c5nsnc45)c4nc(c(-c5ccc(N6c7ccccc7Sc7ccccc76)cc5)c5ccc2[n-]5)C=C4)C=C3)c2nsnc12.[Zn+2]. The molecule has 0 radical (unpaired) electrons. The molecule has 0 atom stereocenters. The van der Waals surface area contributed by atoms with Gasteiger partial charge in [-0.2, -0.15) is 17.5 Å². The summed E-state index contributed by atoms with van der Waals surface area (Å²) in [5.41, 5.74) is 19.7. The van der Waals surface area contributed by atoms with E-state index in [0.29, 0.717) is 100 Å². The van der Waals surface area contributed by atoms with Crippen molar-refractivity contribution in [1.29, 1.82) is 10.5 Å². The standard InChI is InChI=1S/C80H38N14S4.Zn/c1-83-53(45-81)43-51-21-19-49(77-79(51)91-97-89-77)27-33-57-59-35-39-63(85-59)75(47-23-29-55(30-24-47)93-67-11-3-7-15-71(67)95-72-16-8-4-12-68(72)93)65-41-37-61(87-65)58(34-28-50-20-22-52(44-54(46-82)84-2)80-78(50)90-98-92-80)62-38-42-66(88-62)76(64-40-36-60(57)86-64)48-25-31-56(32-26-48)94-69-13-5-9-17-73(69)96-74-18-10-6-14-70(74)94;/h3-26,29-32,35-44H;/q-2;+2/b53-43-,54-44+,59-57?,60-57?,61-58?,62-58?,75-63?,75-65?,76-64?,76-66?;. The van der Waals surface area contributed by atoms with Crippen molar-refractivity contribution in [2.45, 2.75) is 19.6 Å². The van der Waals surface area contributed by atoms with E-state index in [1.54, 1.807) is 35.7 Å². The average molecular weight is 1390 g/mol.